The molecule has 4 aromatic carbocycles. The van der Waals surface area contributed by atoms with Gasteiger partial charge in [-0.1, -0.05) is 83.8 Å². The summed E-state index contributed by atoms with van der Waals surface area (Å²) in [7, 11) is 3.20. The molecule has 4 aliphatic carbocycles. The molecule has 5 aromatic rings. The number of carbonyl (C=O) groups excluding carboxylic acids is 5. The van der Waals surface area contributed by atoms with E-state index in [1.54, 1.807) is 74.5 Å². The molecule has 6 fully saturated rings. The second kappa shape index (κ2) is 16.1. The lowest BCUT2D eigenvalue weighted by molar-refractivity contribution is -0.124. The Morgan fingerprint density at radius 2 is 1.00 bits per heavy atom. The summed E-state index contributed by atoms with van der Waals surface area (Å²) in [5.74, 6) is 1.32. The number of fused-ring (bicyclic) bond motifs is 17. The first-order chi connectivity index (χ1) is 33.1. The first-order valence-electron chi connectivity index (χ1n) is 23.3. The number of carbonyl (C=O) groups is 5. The van der Waals surface area contributed by atoms with Crippen LogP contribution in [0.4, 0.5) is 11.4 Å². The van der Waals surface area contributed by atoms with E-state index < -0.39 is 0 Å². The number of imide groups is 2. The van der Waals surface area contributed by atoms with Crippen LogP contribution in [0, 0.1) is 59.2 Å². The van der Waals surface area contributed by atoms with Gasteiger partial charge in [-0.05, 0) is 108 Å². The van der Waals surface area contributed by atoms with Gasteiger partial charge in [-0.25, -0.2) is 0 Å². The number of benzene rings is 4. The smallest absolute Gasteiger partial charge is 0.305 e. The molecule has 14 rings (SSSR count). The third kappa shape index (κ3) is 6.19. The van der Waals surface area contributed by atoms with Crippen LogP contribution in [0.25, 0.3) is 0 Å². The number of nitrogens with zero attached hydrogens (tertiary/aromatic N) is 2. The number of thioether (sulfide) groups is 3. The molecule has 15 heteroatoms. The predicted molar refractivity (Wildman–Crippen MR) is 263 cm³/mol. The number of thiazole rings is 1. The van der Waals surface area contributed by atoms with Crippen molar-refractivity contribution >= 4 is 86.7 Å². The molecule has 1 N–H and O–H groups in total. The standard InChI is InChI=1S/C27H23NO4S2.C26H22N2O4S2/c1-32-15-9-7-14(8-10-15)28-26(30)22-16-11-17(23(22)27(28)31)24-21(16)20(13-5-3-2-4-6-13)25-18(33-24)12-19(29)34-25;1-32-14-9-7-13(8-10-14)28-24(29)19-15-11-16(20(19)25(28)30)21-18(15)17(12-5-3-2-4-6-12)22-23(33-21)27-26(31)34-22/h2-10,16-17,20-24H,11-12H2,1H3;2-10,15-21H,11H2,1H3,(H,27,31)/t16-,17-,20-,21-,22+,23-,24-;15-,16-,17-,18-,19+,20-,21-/m10/s1. The predicted octanol–water partition coefficient (Wildman–Crippen LogP) is 8.96. The summed E-state index contributed by atoms with van der Waals surface area (Å²) < 4.78 is 10.5. The first-order valence-corrected chi connectivity index (χ1v) is 26.7. The van der Waals surface area contributed by atoms with Crippen LogP contribution < -0.4 is 24.1 Å². The summed E-state index contributed by atoms with van der Waals surface area (Å²) in [5, 5.41) is 1.64. The maximum Gasteiger partial charge on any atom is 0.305 e. The monoisotopic (exact) mass is 979 g/mol. The number of ether oxygens (including phenoxy) is 2. The molecule has 4 amide bonds. The van der Waals surface area contributed by atoms with Gasteiger partial charge in [0.2, 0.25) is 23.6 Å². The van der Waals surface area contributed by atoms with Gasteiger partial charge >= 0.3 is 4.87 Å². The van der Waals surface area contributed by atoms with E-state index in [9.17, 15) is 28.8 Å². The third-order valence-electron chi connectivity index (χ3n) is 16.6. The highest BCUT2D eigenvalue weighted by Gasteiger charge is 2.71. The van der Waals surface area contributed by atoms with Gasteiger partial charge in [0.1, 0.15) is 11.5 Å². The van der Waals surface area contributed by atoms with Crippen LogP contribution in [0.1, 0.15) is 47.1 Å². The van der Waals surface area contributed by atoms with Crippen molar-refractivity contribution in [3.8, 4) is 11.5 Å². The Labute approximate surface area is 408 Å². The topological polar surface area (TPSA) is 143 Å². The zero-order chi connectivity index (χ0) is 46.3. The normalized spacial score (nSPS) is 34.4. The molecule has 0 unspecified atom stereocenters. The Morgan fingerprint density at radius 1 is 0.544 bits per heavy atom. The van der Waals surface area contributed by atoms with Gasteiger partial charge in [-0.15, -0.1) is 23.5 Å². The molecule has 9 aliphatic rings. The number of methoxy groups -OCH3 is 2. The third-order valence-corrected chi connectivity index (χ3v) is 22.0. The van der Waals surface area contributed by atoms with Crippen molar-refractivity contribution in [1.29, 1.82) is 0 Å². The minimum Gasteiger partial charge on any atom is -0.497 e. The Balaban J connectivity index is 0.000000134. The molecule has 344 valence electrons. The highest BCUT2D eigenvalue weighted by molar-refractivity contribution is 8.18. The Hall–Kier alpha value is -5.35. The van der Waals surface area contributed by atoms with E-state index >= 15 is 0 Å². The van der Waals surface area contributed by atoms with Crippen molar-refractivity contribution in [3.63, 3.8) is 0 Å². The van der Waals surface area contributed by atoms with Gasteiger partial charge in [-0.3, -0.25) is 38.6 Å². The summed E-state index contributed by atoms with van der Waals surface area (Å²) in [6, 6.07) is 35.1. The number of amides is 4. The summed E-state index contributed by atoms with van der Waals surface area (Å²) >= 11 is 6.24. The molecule has 2 saturated heterocycles. The van der Waals surface area contributed by atoms with E-state index in [0.29, 0.717) is 29.3 Å². The lowest BCUT2D eigenvalue weighted by Gasteiger charge is -2.44. The first kappa shape index (κ1) is 42.7. The number of H-pyrrole nitrogens is 1. The summed E-state index contributed by atoms with van der Waals surface area (Å²) in [4.78, 5) is 88.7. The van der Waals surface area contributed by atoms with Crippen LogP contribution in [0.3, 0.4) is 0 Å². The van der Waals surface area contributed by atoms with E-state index in [-0.39, 0.29) is 115 Å². The van der Waals surface area contributed by atoms with Crippen molar-refractivity contribution in [3.05, 3.63) is 145 Å². The van der Waals surface area contributed by atoms with Gasteiger partial charge in [-0.2, -0.15) is 0 Å². The van der Waals surface area contributed by atoms with E-state index in [0.717, 1.165) is 22.7 Å². The number of hydrogen-bond acceptors (Lipinski definition) is 12. The molecule has 11 nitrogen and oxygen atoms in total. The largest absolute Gasteiger partial charge is 0.497 e. The van der Waals surface area contributed by atoms with Gasteiger partial charge in [0.05, 0.1) is 54.3 Å². The Kier molecular flexibility index (Phi) is 10.1. The van der Waals surface area contributed by atoms with Crippen molar-refractivity contribution in [1.82, 2.24) is 4.98 Å². The van der Waals surface area contributed by atoms with Crippen LogP contribution in [0.15, 0.2) is 129 Å². The Morgan fingerprint density at radius 3 is 1.50 bits per heavy atom. The quantitative estimate of drug-likeness (QED) is 0.163. The lowest BCUT2D eigenvalue weighted by Crippen LogP contribution is -2.42. The van der Waals surface area contributed by atoms with Gasteiger partial charge in [0.15, 0.2) is 5.12 Å². The number of allylic oxidation sites excluding steroid dienone is 2. The molecule has 4 saturated carbocycles. The molecule has 0 spiro atoms. The van der Waals surface area contributed by atoms with Crippen LogP contribution in [-0.2, 0) is 24.0 Å². The second-order valence-corrected chi connectivity index (χ2v) is 24.0. The summed E-state index contributed by atoms with van der Waals surface area (Å²) in [6.45, 7) is 0. The lowest BCUT2D eigenvalue weighted by atomic mass is 9.68. The molecule has 5 aliphatic heterocycles. The van der Waals surface area contributed by atoms with Crippen LogP contribution in [0.2, 0.25) is 0 Å². The molecule has 0 radical (unpaired) electrons. The number of hydrogen-bond donors (Lipinski definition) is 1. The number of nitrogens with one attached hydrogen (secondary N) is 1. The average molecular weight is 980 g/mol. The second-order valence-electron chi connectivity index (χ2n) is 19.4. The van der Waals surface area contributed by atoms with Crippen LogP contribution in [-0.4, -0.2) is 58.4 Å². The fourth-order valence-corrected chi connectivity index (χ4v) is 20.3. The molecular formula is C53H45N3O8S4. The molecule has 1 aromatic heterocycles. The SMILES string of the molecule is COc1ccc(N2C(=O)[C@@H]3[C@H]4C[C@@H]([C@@H]3C2=O)[C@H]2[C@@H]4SC3=C(SC(=O)C3)[C@@H]2c2ccccc2)cc1.COc1ccc(N2C(=O)[C@@H]3[C@H]4C[C@H]([C@@H]5Sc6[nH]c(=O)sc6[C@@H](c6ccccc6)[C@H]45)[C@@H]3C2=O)cc1. The van der Waals surface area contributed by atoms with Crippen molar-refractivity contribution in [2.45, 2.75) is 46.6 Å². The highest BCUT2D eigenvalue weighted by atomic mass is 32.2. The summed E-state index contributed by atoms with van der Waals surface area (Å²) in [5.41, 5.74) is 3.65. The van der Waals surface area contributed by atoms with E-state index in [1.807, 2.05) is 36.0 Å². The highest BCUT2D eigenvalue weighted by Crippen LogP contribution is 2.71. The zero-order valence-electron chi connectivity index (χ0n) is 36.9. The minimum absolute atomic E-state index is 0.0382. The molecule has 68 heavy (non-hydrogen) atoms. The summed E-state index contributed by atoms with van der Waals surface area (Å²) in [6.07, 6.45) is 2.32. The molecular weight excluding hydrogens is 935 g/mol. The van der Waals surface area contributed by atoms with E-state index in [1.165, 1.54) is 53.8 Å². The zero-order valence-corrected chi connectivity index (χ0v) is 40.2. The van der Waals surface area contributed by atoms with Crippen LogP contribution in [0.5, 0.6) is 11.5 Å². The molecule has 6 heterocycles. The van der Waals surface area contributed by atoms with Crippen molar-refractivity contribution in [2.24, 2.45) is 59.2 Å². The number of aromatic nitrogens is 1. The fourth-order valence-electron chi connectivity index (χ4n) is 14.3. The van der Waals surface area contributed by atoms with E-state index in [2.05, 4.69) is 41.4 Å². The van der Waals surface area contributed by atoms with Crippen LogP contribution >= 0.6 is 46.6 Å². The fraction of sp³-hybridized carbons (Fsp3) is 0.358. The maximum absolute atomic E-state index is 13.7. The number of rotatable bonds is 6. The van der Waals surface area contributed by atoms with Crippen molar-refractivity contribution in [2.75, 3.05) is 24.0 Å². The van der Waals surface area contributed by atoms with Gasteiger partial charge in [0.25, 0.3) is 0 Å². The number of aromatic amines is 1. The average Bonchev–Trinajstić information content (AvgIpc) is 4.25. The Bertz CT molecular complexity index is 3030. The van der Waals surface area contributed by atoms with E-state index in [4.69, 9.17) is 9.47 Å². The molecule has 14 atom stereocenters. The van der Waals surface area contributed by atoms with Crippen molar-refractivity contribution < 1.29 is 33.4 Å². The molecule has 4 bridgehead atoms. The minimum atomic E-state index is -0.287. The number of anilines is 2. The van der Waals surface area contributed by atoms with Gasteiger partial charge in [0, 0.05) is 43.4 Å². The maximum atomic E-state index is 13.7. The van der Waals surface area contributed by atoms with Gasteiger partial charge < -0.3 is 14.5 Å².